The Hall–Kier alpha value is -3.31. The Morgan fingerprint density at radius 3 is 2.43 bits per heavy atom. The number of hydrogen-bond acceptors (Lipinski definition) is 4. The molecule has 5 nitrogen and oxygen atoms in total. The summed E-state index contributed by atoms with van der Waals surface area (Å²) >= 11 is 0. The highest BCUT2D eigenvalue weighted by atomic mass is 16.5. The van der Waals surface area contributed by atoms with Gasteiger partial charge in [-0.2, -0.15) is 0 Å². The first-order chi connectivity index (χ1) is 13.7. The van der Waals surface area contributed by atoms with Gasteiger partial charge < -0.3 is 14.2 Å². The molecule has 0 aliphatic carbocycles. The van der Waals surface area contributed by atoms with E-state index in [0.29, 0.717) is 17.9 Å². The number of nitrogens with zero attached hydrogens (tertiary/aromatic N) is 1. The average Bonchev–Trinajstić information content (AvgIpc) is 2.78. The fourth-order valence-corrected chi connectivity index (χ4v) is 3.36. The van der Waals surface area contributed by atoms with E-state index in [2.05, 4.69) is 0 Å². The van der Waals surface area contributed by atoms with Crippen molar-refractivity contribution in [2.45, 2.75) is 12.8 Å². The summed E-state index contributed by atoms with van der Waals surface area (Å²) in [4.78, 5) is 15.2. The molecule has 0 N–H and O–H groups in total. The van der Waals surface area contributed by atoms with E-state index in [1.807, 2.05) is 60.7 Å². The molecule has 0 bridgehead atoms. The molecule has 0 radical (unpaired) electrons. The molecule has 0 aromatic heterocycles. The average molecular weight is 375 g/mol. The topological polar surface area (TPSA) is 48.0 Å². The molecule has 1 heterocycles. The largest absolute Gasteiger partial charge is 0.497 e. The Labute approximate surface area is 164 Å². The number of carbonyl (C=O) groups is 1. The molecule has 0 saturated carbocycles. The van der Waals surface area contributed by atoms with Crippen molar-refractivity contribution in [3.8, 4) is 11.5 Å². The first-order valence-corrected chi connectivity index (χ1v) is 9.02. The van der Waals surface area contributed by atoms with Crippen LogP contribution in [0.5, 0.6) is 11.5 Å². The number of rotatable bonds is 4. The van der Waals surface area contributed by atoms with Crippen LogP contribution in [0.25, 0.3) is 0 Å². The Balaban J connectivity index is 1.78. The van der Waals surface area contributed by atoms with E-state index in [-0.39, 0.29) is 5.91 Å². The van der Waals surface area contributed by atoms with Gasteiger partial charge in [0, 0.05) is 16.7 Å². The van der Waals surface area contributed by atoms with Crippen LogP contribution in [0.1, 0.15) is 27.7 Å². The summed E-state index contributed by atoms with van der Waals surface area (Å²) in [5, 5.41) is 0. The third-order valence-corrected chi connectivity index (χ3v) is 4.82. The molecule has 3 aromatic rings. The van der Waals surface area contributed by atoms with Gasteiger partial charge in [-0.3, -0.25) is 9.69 Å². The first-order valence-electron chi connectivity index (χ1n) is 9.02. The second kappa shape index (κ2) is 7.74. The molecule has 1 amide bonds. The number of ether oxygens (including phenoxy) is 3. The summed E-state index contributed by atoms with van der Waals surface area (Å²) in [5.41, 5.74) is 3.25. The number of benzene rings is 3. The number of methoxy groups -OCH3 is 2. The van der Waals surface area contributed by atoms with E-state index < -0.39 is 6.23 Å². The summed E-state index contributed by atoms with van der Waals surface area (Å²) < 4.78 is 16.6. The molecule has 1 atom stereocenters. The molecule has 28 heavy (non-hydrogen) atoms. The van der Waals surface area contributed by atoms with Crippen molar-refractivity contribution in [1.82, 2.24) is 0 Å². The van der Waals surface area contributed by atoms with Crippen LogP contribution in [-0.2, 0) is 11.3 Å². The Morgan fingerprint density at radius 1 is 0.929 bits per heavy atom. The van der Waals surface area contributed by atoms with Crippen LogP contribution in [0.2, 0.25) is 0 Å². The van der Waals surface area contributed by atoms with Gasteiger partial charge in [0.05, 0.1) is 26.5 Å². The van der Waals surface area contributed by atoms with Gasteiger partial charge in [-0.25, -0.2) is 0 Å². The summed E-state index contributed by atoms with van der Waals surface area (Å²) in [6.45, 7) is 0.439. The molecule has 3 aromatic carbocycles. The monoisotopic (exact) mass is 375 g/mol. The minimum atomic E-state index is -0.528. The van der Waals surface area contributed by atoms with Gasteiger partial charge in [0.15, 0.2) is 6.23 Å². The molecule has 0 spiro atoms. The molecule has 0 fully saturated rings. The van der Waals surface area contributed by atoms with Crippen LogP contribution in [0, 0.1) is 0 Å². The molecule has 0 unspecified atom stereocenters. The van der Waals surface area contributed by atoms with Crippen LogP contribution in [-0.4, -0.2) is 20.1 Å². The van der Waals surface area contributed by atoms with Crippen molar-refractivity contribution in [2.75, 3.05) is 19.1 Å². The smallest absolute Gasteiger partial charge is 0.260 e. The van der Waals surface area contributed by atoms with Gasteiger partial charge in [-0.15, -0.1) is 0 Å². The third kappa shape index (κ3) is 3.32. The summed E-state index contributed by atoms with van der Waals surface area (Å²) in [7, 11) is 3.21. The molecule has 1 aliphatic rings. The lowest BCUT2D eigenvalue weighted by molar-refractivity contribution is 0.0254. The van der Waals surface area contributed by atoms with E-state index in [4.69, 9.17) is 14.2 Å². The van der Waals surface area contributed by atoms with Crippen molar-refractivity contribution >= 4 is 11.6 Å². The highest BCUT2D eigenvalue weighted by Gasteiger charge is 2.33. The fraction of sp³-hybridized carbons (Fsp3) is 0.174. The molecule has 5 heteroatoms. The van der Waals surface area contributed by atoms with Gasteiger partial charge in [0.1, 0.15) is 11.5 Å². The quantitative estimate of drug-likeness (QED) is 0.670. The second-order valence-electron chi connectivity index (χ2n) is 6.47. The lowest BCUT2D eigenvalue weighted by Gasteiger charge is -2.37. The van der Waals surface area contributed by atoms with Crippen molar-refractivity contribution in [3.63, 3.8) is 0 Å². The number of carbonyl (C=O) groups excluding carboxylic acids is 1. The normalized spacial score (nSPS) is 15.6. The van der Waals surface area contributed by atoms with E-state index in [0.717, 1.165) is 22.6 Å². The van der Waals surface area contributed by atoms with E-state index in [1.54, 1.807) is 31.3 Å². The summed E-state index contributed by atoms with van der Waals surface area (Å²) in [6, 6.07) is 22.5. The number of fused-ring (bicyclic) bond motifs is 1. The van der Waals surface area contributed by atoms with Crippen molar-refractivity contribution in [1.29, 1.82) is 0 Å². The van der Waals surface area contributed by atoms with Crippen LogP contribution >= 0.6 is 0 Å². The lowest BCUT2D eigenvalue weighted by atomic mass is 10.0. The van der Waals surface area contributed by atoms with Gasteiger partial charge >= 0.3 is 0 Å². The highest BCUT2D eigenvalue weighted by Crippen LogP contribution is 2.38. The summed E-state index contributed by atoms with van der Waals surface area (Å²) in [5.74, 6) is 1.25. The molecular formula is C23H21NO4. The van der Waals surface area contributed by atoms with Gasteiger partial charge in [0.2, 0.25) is 0 Å². The predicted octanol–water partition coefficient (Wildman–Crippen LogP) is 4.58. The highest BCUT2D eigenvalue weighted by molar-refractivity contribution is 6.07. The third-order valence-electron chi connectivity index (χ3n) is 4.82. The van der Waals surface area contributed by atoms with E-state index >= 15 is 0 Å². The van der Waals surface area contributed by atoms with Crippen molar-refractivity contribution in [3.05, 3.63) is 89.5 Å². The van der Waals surface area contributed by atoms with E-state index in [1.165, 1.54) is 0 Å². The minimum absolute atomic E-state index is 0.146. The van der Waals surface area contributed by atoms with Crippen LogP contribution in [0.3, 0.4) is 0 Å². The molecule has 142 valence electrons. The zero-order chi connectivity index (χ0) is 19.5. The molecular weight excluding hydrogens is 354 g/mol. The number of para-hydroxylation sites is 1. The van der Waals surface area contributed by atoms with Crippen LogP contribution < -0.4 is 14.4 Å². The van der Waals surface area contributed by atoms with Gasteiger partial charge in [0.25, 0.3) is 5.91 Å². The number of hydrogen-bond donors (Lipinski definition) is 0. The van der Waals surface area contributed by atoms with Gasteiger partial charge in [-0.1, -0.05) is 36.4 Å². The maximum atomic E-state index is 13.5. The number of anilines is 1. The second-order valence-corrected chi connectivity index (χ2v) is 6.47. The van der Waals surface area contributed by atoms with Crippen LogP contribution in [0.15, 0.2) is 72.8 Å². The Kier molecular flexibility index (Phi) is 5.00. The predicted molar refractivity (Wildman–Crippen MR) is 107 cm³/mol. The van der Waals surface area contributed by atoms with Crippen molar-refractivity contribution < 1.29 is 19.0 Å². The Morgan fingerprint density at radius 2 is 1.68 bits per heavy atom. The first kappa shape index (κ1) is 18.1. The Bertz CT molecular complexity index is 984. The number of amides is 1. The van der Waals surface area contributed by atoms with Gasteiger partial charge in [-0.05, 0) is 36.4 Å². The fourth-order valence-electron chi connectivity index (χ4n) is 3.36. The standard InChI is InChI=1S/C23H21NO4/c1-26-19-12-10-16(11-13-19)23-24(21-9-4-3-6-18(21)15-28-23)22(25)17-7-5-8-20(14-17)27-2/h3-14,23H,15H2,1-2H3/t23-/m1/s1. The SMILES string of the molecule is COc1ccc([C@H]2OCc3ccccc3N2C(=O)c2cccc(OC)c2)cc1. The minimum Gasteiger partial charge on any atom is -0.497 e. The van der Waals surface area contributed by atoms with Crippen LogP contribution in [0.4, 0.5) is 5.69 Å². The zero-order valence-electron chi connectivity index (χ0n) is 15.8. The zero-order valence-corrected chi connectivity index (χ0v) is 15.8. The van der Waals surface area contributed by atoms with Crippen molar-refractivity contribution in [2.24, 2.45) is 0 Å². The maximum absolute atomic E-state index is 13.5. The molecule has 4 rings (SSSR count). The lowest BCUT2D eigenvalue weighted by Crippen LogP contribution is -2.39. The molecule has 0 saturated heterocycles. The molecule has 1 aliphatic heterocycles. The summed E-state index contributed by atoms with van der Waals surface area (Å²) in [6.07, 6.45) is -0.528. The van der Waals surface area contributed by atoms with E-state index in [9.17, 15) is 4.79 Å². The maximum Gasteiger partial charge on any atom is 0.260 e.